The van der Waals surface area contributed by atoms with Crippen molar-refractivity contribution >= 4 is 22.6 Å². The fourth-order valence-corrected chi connectivity index (χ4v) is 4.60. The molecule has 1 saturated carbocycles. The molecule has 0 spiro atoms. The number of nitrogens with two attached hydrogens (primary N) is 1. The van der Waals surface area contributed by atoms with Crippen LogP contribution in [-0.2, 0) is 10.2 Å². The van der Waals surface area contributed by atoms with E-state index in [1.165, 1.54) is 6.42 Å². The van der Waals surface area contributed by atoms with Crippen molar-refractivity contribution in [3.05, 3.63) is 0 Å². The van der Waals surface area contributed by atoms with Gasteiger partial charge in [0.1, 0.15) is 0 Å². The zero-order chi connectivity index (χ0) is 13.0. The van der Waals surface area contributed by atoms with E-state index in [4.69, 9.17) is 5.73 Å². The highest BCUT2D eigenvalue weighted by Gasteiger charge is 2.31. The third-order valence-corrected chi connectivity index (χ3v) is 5.81. The Hall–Kier alpha value is 0.120. The van der Waals surface area contributed by atoms with E-state index in [2.05, 4.69) is 4.72 Å². The zero-order valence-corrected chi connectivity index (χ0v) is 13.0. The van der Waals surface area contributed by atoms with E-state index in [0.717, 1.165) is 38.5 Å². The number of halogens is 1. The molecule has 0 aromatic heterocycles. The number of nitrogens with one attached hydrogen (secondary N) is 1. The summed E-state index contributed by atoms with van der Waals surface area (Å²) >= 11 is 0. The second-order valence-electron chi connectivity index (χ2n) is 5.47. The summed E-state index contributed by atoms with van der Waals surface area (Å²) < 4.78 is 29.1. The van der Waals surface area contributed by atoms with Gasteiger partial charge in [-0.2, -0.15) is 17.4 Å². The molecule has 2 fully saturated rings. The Morgan fingerprint density at radius 2 is 1.68 bits per heavy atom. The minimum atomic E-state index is -3.30. The van der Waals surface area contributed by atoms with Crippen molar-refractivity contribution in [2.24, 2.45) is 11.7 Å². The standard InChI is InChI=1S/C12H25N3O2S.ClH/c13-10-11-6-2-3-7-12(11)14-18(16,17)15-8-4-1-5-9-15;/h11-12,14H,1-10,13H2;1H. The van der Waals surface area contributed by atoms with Gasteiger partial charge in [-0.3, -0.25) is 0 Å². The second kappa shape index (κ2) is 7.78. The number of hydrogen-bond donors (Lipinski definition) is 2. The van der Waals surface area contributed by atoms with Gasteiger partial charge in [0, 0.05) is 19.1 Å². The van der Waals surface area contributed by atoms with E-state index < -0.39 is 10.2 Å². The van der Waals surface area contributed by atoms with Crippen LogP contribution in [0.2, 0.25) is 0 Å². The van der Waals surface area contributed by atoms with Crippen molar-refractivity contribution in [3.63, 3.8) is 0 Å². The zero-order valence-electron chi connectivity index (χ0n) is 11.4. The predicted octanol–water partition coefficient (Wildman–Crippen LogP) is 1.25. The molecule has 5 nitrogen and oxygen atoms in total. The summed E-state index contributed by atoms with van der Waals surface area (Å²) in [6.45, 7) is 1.90. The molecule has 0 radical (unpaired) electrons. The van der Waals surface area contributed by atoms with Gasteiger partial charge in [-0.05, 0) is 38.1 Å². The summed E-state index contributed by atoms with van der Waals surface area (Å²) in [7, 11) is -3.30. The molecule has 0 aromatic rings. The smallest absolute Gasteiger partial charge is 0.279 e. The van der Waals surface area contributed by atoms with Crippen molar-refractivity contribution in [1.82, 2.24) is 9.03 Å². The lowest BCUT2D eigenvalue weighted by Gasteiger charge is -2.34. The third kappa shape index (κ3) is 4.56. The van der Waals surface area contributed by atoms with E-state index >= 15 is 0 Å². The van der Waals surface area contributed by atoms with Crippen LogP contribution in [-0.4, -0.2) is 38.4 Å². The molecule has 19 heavy (non-hydrogen) atoms. The Kier molecular flexibility index (Phi) is 7.04. The van der Waals surface area contributed by atoms with E-state index in [1.54, 1.807) is 4.31 Å². The van der Waals surface area contributed by atoms with Crippen LogP contribution in [0, 0.1) is 5.92 Å². The van der Waals surface area contributed by atoms with Gasteiger partial charge in [0.25, 0.3) is 10.2 Å². The number of piperidine rings is 1. The van der Waals surface area contributed by atoms with Crippen LogP contribution < -0.4 is 10.5 Å². The van der Waals surface area contributed by atoms with Gasteiger partial charge in [-0.25, -0.2) is 0 Å². The van der Waals surface area contributed by atoms with Gasteiger partial charge in [0.15, 0.2) is 0 Å². The fourth-order valence-electron chi connectivity index (χ4n) is 3.02. The predicted molar refractivity (Wildman–Crippen MR) is 79.5 cm³/mol. The summed E-state index contributed by atoms with van der Waals surface area (Å²) in [5.41, 5.74) is 5.74. The minimum absolute atomic E-state index is 0. The Labute approximate surface area is 122 Å². The molecular weight excluding hydrogens is 286 g/mol. The molecule has 7 heteroatoms. The van der Waals surface area contributed by atoms with Gasteiger partial charge in [0.2, 0.25) is 0 Å². The molecule has 1 aliphatic carbocycles. The molecule has 1 saturated heterocycles. The summed E-state index contributed by atoms with van der Waals surface area (Å²) in [5, 5.41) is 0. The van der Waals surface area contributed by atoms with E-state index in [0.29, 0.717) is 25.6 Å². The van der Waals surface area contributed by atoms with E-state index in [9.17, 15) is 8.42 Å². The highest BCUT2D eigenvalue weighted by Crippen LogP contribution is 2.25. The van der Waals surface area contributed by atoms with Crippen LogP contribution in [0.3, 0.4) is 0 Å². The van der Waals surface area contributed by atoms with Crippen molar-refractivity contribution in [2.45, 2.75) is 51.0 Å². The first-order valence-corrected chi connectivity index (χ1v) is 8.55. The fraction of sp³-hybridized carbons (Fsp3) is 1.00. The van der Waals surface area contributed by atoms with Gasteiger partial charge in [0.05, 0.1) is 0 Å². The molecule has 2 atom stereocenters. The molecule has 1 aliphatic heterocycles. The first kappa shape index (κ1) is 17.2. The molecule has 0 aromatic carbocycles. The maximum absolute atomic E-state index is 12.3. The van der Waals surface area contributed by atoms with E-state index in [-0.39, 0.29) is 18.4 Å². The lowest BCUT2D eigenvalue weighted by atomic mass is 9.85. The molecule has 2 unspecified atom stereocenters. The number of hydrogen-bond acceptors (Lipinski definition) is 3. The highest BCUT2D eigenvalue weighted by molar-refractivity contribution is 7.87. The molecule has 0 bridgehead atoms. The molecular formula is C12H26ClN3O2S. The summed E-state index contributed by atoms with van der Waals surface area (Å²) in [6, 6.07) is 0.0377. The first-order chi connectivity index (χ1) is 8.63. The molecule has 3 N–H and O–H groups in total. The van der Waals surface area contributed by atoms with Gasteiger partial charge in [-0.1, -0.05) is 19.3 Å². The lowest BCUT2D eigenvalue weighted by molar-refractivity contribution is 0.282. The van der Waals surface area contributed by atoms with Crippen LogP contribution in [0.15, 0.2) is 0 Å². The molecule has 1 heterocycles. The molecule has 0 amide bonds. The van der Waals surface area contributed by atoms with Crippen molar-refractivity contribution < 1.29 is 8.42 Å². The van der Waals surface area contributed by atoms with Crippen molar-refractivity contribution in [1.29, 1.82) is 0 Å². The van der Waals surface area contributed by atoms with Crippen LogP contribution in [0.1, 0.15) is 44.9 Å². The highest BCUT2D eigenvalue weighted by atomic mass is 35.5. The third-order valence-electron chi connectivity index (χ3n) is 4.17. The monoisotopic (exact) mass is 311 g/mol. The average Bonchev–Trinajstić information content (AvgIpc) is 2.40. The van der Waals surface area contributed by atoms with Crippen LogP contribution in [0.4, 0.5) is 0 Å². The summed E-state index contributed by atoms with van der Waals surface area (Å²) in [4.78, 5) is 0. The minimum Gasteiger partial charge on any atom is -0.330 e. The van der Waals surface area contributed by atoms with Gasteiger partial charge < -0.3 is 5.73 Å². The van der Waals surface area contributed by atoms with Gasteiger partial charge >= 0.3 is 0 Å². The van der Waals surface area contributed by atoms with Crippen LogP contribution in [0.25, 0.3) is 0 Å². The molecule has 2 aliphatic rings. The maximum Gasteiger partial charge on any atom is 0.279 e. The SMILES string of the molecule is Cl.NCC1CCCCC1NS(=O)(=O)N1CCCCC1. The molecule has 114 valence electrons. The Balaban J connectivity index is 0.00000180. The Morgan fingerprint density at radius 3 is 2.32 bits per heavy atom. The first-order valence-electron chi connectivity index (χ1n) is 7.11. The number of rotatable bonds is 4. The largest absolute Gasteiger partial charge is 0.330 e. The average molecular weight is 312 g/mol. The van der Waals surface area contributed by atoms with Gasteiger partial charge in [-0.15, -0.1) is 12.4 Å². The Bertz CT molecular complexity index is 358. The second-order valence-corrected chi connectivity index (χ2v) is 7.17. The van der Waals surface area contributed by atoms with Crippen molar-refractivity contribution in [3.8, 4) is 0 Å². The Morgan fingerprint density at radius 1 is 1.05 bits per heavy atom. The number of nitrogens with zero attached hydrogens (tertiary/aromatic N) is 1. The normalized spacial score (nSPS) is 29.7. The maximum atomic E-state index is 12.3. The molecule has 2 rings (SSSR count). The summed E-state index contributed by atoms with van der Waals surface area (Å²) in [5.74, 6) is 0.304. The van der Waals surface area contributed by atoms with Crippen LogP contribution in [0.5, 0.6) is 0 Å². The quantitative estimate of drug-likeness (QED) is 0.820. The van der Waals surface area contributed by atoms with Crippen molar-refractivity contribution in [2.75, 3.05) is 19.6 Å². The topological polar surface area (TPSA) is 75.4 Å². The lowest BCUT2D eigenvalue weighted by Crippen LogP contribution is -2.51. The van der Waals surface area contributed by atoms with Crippen LogP contribution >= 0.6 is 12.4 Å². The van der Waals surface area contributed by atoms with E-state index in [1.807, 2.05) is 0 Å². The summed E-state index contributed by atoms with van der Waals surface area (Å²) in [6.07, 6.45) is 7.34.